The molecule has 1 aliphatic heterocycles. The van der Waals surface area contributed by atoms with E-state index in [4.69, 9.17) is 0 Å². The average Bonchev–Trinajstić information content (AvgIpc) is 3.36. The van der Waals surface area contributed by atoms with E-state index < -0.39 is 0 Å². The van der Waals surface area contributed by atoms with Crippen molar-refractivity contribution in [2.45, 2.75) is 37.6 Å². The zero-order valence-corrected chi connectivity index (χ0v) is 14.4. The standard InChI is InChI=1S/C20H23N5/c1-2-5-18(6-3-1)25-14-16(11-22-25)13-24-10-4-8-20(15-24)9-7-17-12-21-23-19(17)20/h1-3,5-6,11-12,14H,4,7-10,13,15H2,(H,21,23). The normalized spacial score (nSPS) is 23.2. The second-order valence-corrected chi connectivity index (χ2v) is 7.49. The molecule has 3 aromatic rings. The van der Waals surface area contributed by atoms with Gasteiger partial charge in [0.25, 0.3) is 0 Å². The van der Waals surface area contributed by atoms with E-state index >= 15 is 0 Å². The van der Waals surface area contributed by atoms with Crippen molar-refractivity contribution in [2.24, 2.45) is 0 Å². The minimum Gasteiger partial charge on any atom is -0.298 e. The summed E-state index contributed by atoms with van der Waals surface area (Å²) in [6, 6.07) is 10.3. The number of para-hydroxylation sites is 1. The Bertz CT molecular complexity index is 865. The molecule has 2 aliphatic rings. The van der Waals surface area contributed by atoms with Gasteiger partial charge in [0.15, 0.2) is 0 Å². The number of aromatic nitrogens is 4. The zero-order chi connectivity index (χ0) is 16.7. The highest BCUT2D eigenvalue weighted by Gasteiger charge is 2.43. The lowest BCUT2D eigenvalue weighted by Gasteiger charge is -2.40. The molecular formula is C20H23N5. The summed E-state index contributed by atoms with van der Waals surface area (Å²) in [4.78, 5) is 2.59. The fourth-order valence-corrected chi connectivity index (χ4v) is 4.65. The summed E-state index contributed by atoms with van der Waals surface area (Å²) in [5.41, 5.74) is 5.51. The Kier molecular flexibility index (Phi) is 3.48. The molecule has 3 heterocycles. The molecule has 25 heavy (non-hydrogen) atoms. The largest absolute Gasteiger partial charge is 0.298 e. The van der Waals surface area contributed by atoms with Crippen molar-refractivity contribution in [1.29, 1.82) is 0 Å². The van der Waals surface area contributed by atoms with Crippen molar-refractivity contribution < 1.29 is 0 Å². The Morgan fingerprint density at radius 1 is 1.12 bits per heavy atom. The molecular weight excluding hydrogens is 310 g/mol. The van der Waals surface area contributed by atoms with E-state index in [1.165, 1.54) is 49.0 Å². The number of benzene rings is 1. The van der Waals surface area contributed by atoms with Crippen molar-refractivity contribution in [2.75, 3.05) is 13.1 Å². The molecule has 0 bridgehead atoms. The topological polar surface area (TPSA) is 49.7 Å². The zero-order valence-electron chi connectivity index (χ0n) is 14.4. The van der Waals surface area contributed by atoms with Gasteiger partial charge in [-0.05, 0) is 49.9 Å². The highest BCUT2D eigenvalue weighted by atomic mass is 15.3. The molecule has 1 aromatic carbocycles. The van der Waals surface area contributed by atoms with Crippen molar-refractivity contribution in [3.63, 3.8) is 0 Å². The van der Waals surface area contributed by atoms with Crippen LogP contribution in [0.15, 0.2) is 48.9 Å². The quantitative estimate of drug-likeness (QED) is 0.801. The molecule has 1 atom stereocenters. The van der Waals surface area contributed by atoms with Gasteiger partial charge in [-0.15, -0.1) is 0 Å². The van der Waals surface area contributed by atoms with Gasteiger partial charge in [-0.3, -0.25) is 10.00 Å². The number of fused-ring (bicyclic) bond motifs is 2. The molecule has 128 valence electrons. The molecule has 1 N–H and O–H groups in total. The maximum absolute atomic E-state index is 4.54. The highest BCUT2D eigenvalue weighted by Crippen LogP contribution is 2.44. The van der Waals surface area contributed by atoms with Crippen LogP contribution < -0.4 is 0 Å². The Hall–Kier alpha value is -2.40. The van der Waals surface area contributed by atoms with Gasteiger partial charge in [-0.2, -0.15) is 10.2 Å². The van der Waals surface area contributed by atoms with E-state index in [0.717, 1.165) is 18.8 Å². The van der Waals surface area contributed by atoms with Crippen LogP contribution in [0.1, 0.15) is 36.1 Å². The van der Waals surface area contributed by atoms with E-state index in [1.54, 1.807) is 0 Å². The van der Waals surface area contributed by atoms with Crippen LogP contribution in [0.4, 0.5) is 0 Å². The predicted octanol–water partition coefficient (Wildman–Crippen LogP) is 3.08. The van der Waals surface area contributed by atoms with Gasteiger partial charge in [0.05, 0.1) is 18.1 Å². The first-order valence-electron chi connectivity index (χ1n) is 9.16. The highest BCUT2D eigenvalue weighted by molar-refractivity contribution is 5.33. The number of hydrogen-bond donors (Lipinski definition) is 1. The summed E-state index contributed by atoms with van der Waals surface area (Å²) in [6.45, 7) is 3.26. The van der Waals surface area contributed by atoms with Crippen LogP contribution in [0, 0.1) is 0 Å². The lowest BCUT2D eigenvalue weighted by molar-refractivity contribution is 0.136. The van der Waals surface area contributed by atoms with Gasteiger partial charge in [-0.25, -0.2) is 4.68 Å². The Labute approximate surface area is 147 Å². The molecule has 5 rings (SSSR count). The van der Waals surface area contributed by atoms with Gasteiger partial charge in [-0.1, -0.05) is 18.2 Å². The fraction of sp³-hybridized carbons (Fsp3) is 0.400. The first kappa shape index (κ1) is 14.9. The number of nitrogens with one attached hydrogen (secondary N) is 1. The molecule has 2 aromatic heterocycles. The van der Waals surface area contributed by atoms with Crippen molar-refractivity contribution in [3.8, 4) is 5.69 Å². The molecule has 1 aliphatic carbocycles. The summed E-state index contributed by atoms with van der Waals surface area (Å²) in [6.07, 6.45) is 11.2. The summed E-state index contributed by atoms with van der Waals surface area (Å²) in [5.74, 6) is 0. The molecule has 1 unspecified atom stereocenters. The number of piperidine rings is 1. The Morgan fingerprint density at radius 3 is 2.96 bits per heavy atom. The molecule has 1 fully saturated rings. The molecule has 5 heteroatoms. The van der Waals surface area contributed by atoms with Gasteiger partial charge < -0.3 is 0 Å². The SMILES string of the molecule is c1ccc(-n2cc(CN3CCCC4(CCc5cn[nH]c54)C3)cn2)cc1. The van der Waals surface area contributed by atoms with Gasteiger partial charge in [0, 0.05) is 36.0 Å². The van der Waals surface area contributed by atoms with Crippen molar-refractivity contribution in [3.05, 3.63) is 65.7 Å². The number of aromatic amines is 1. The maximum Gasteiger partial charge on any atom is 0.0645 e. The van der Waals surface area contributed by atoms with Crippen LogP contribution in [-0.2, 0) is 18.4 Å². The van der Waals surface area contributed by atoms with Crippen molar-refractivity contribution in [1.82, 2.24) is 24.9 Å². The maximum atomic E-state index is 4.54. The average molecular weight is 333 g/mol. The third-order valence-electron chi connectivity index (χ3n) is 5.84. The molecule has 5 nitrogen and oxygen atoms in total. The van der Waals surface area contributed by atoms with Crippen LogP contribution in [0.25, 0.3) is 5.69 Å². The number of H-pyrrole nitrogens is 1. The van der Waals surface area contributed by atoms with Gasteiger partial charge >= 0.3 is 0 Å². The summed E-state index contributed by atoms with van der Waals surface area (Å²) in [7, 11) is 0. The third kappa shape index (κ3) is 2.59. The third-order valence-corrected chi connectivity index (χ3v) is 5.84. The van der Waals surface area contributed by atoms with Crippen LogP contribution >= 0.6 is 0 Å². The molecule has 0 saturated carbocycles. The fourth-order valence-electron chi connectivity index (χ4n) is 4.65. The minimum absolute atomic E-state index is 0.291. The van der Waals surface area contributed by atoms with E-state index in [0.29, 0.717) is 5.41 Å². The first-order valence-corrected chi connectivity index (χ1v) is 9.16. The Balaban J connectivity index is 1.33. The Morgan fingerprint density at radius 2 is 2.04 bits per heavy atom. The smallest absolute Gasteiger partial charge is 0.0645 e. The van der Waals surface area contributed by atoms with Crippen molar-refractivity contribution >= 4 is 0 Å². The van der Waals surface area contributed by atoms with E-state index in [2.05, 4.69) is 38.5 Å². The molecule has 1 spiro atoms. The number of nitrogens with zero attached hydrogens (tertiary/aromatic N) is 4. The second kappa shape index (κ2) is 5.85. The number of likely N-dealkylation sites (tertiary alicyclic amines) is 1. The first-order chi connectivity index (χ1) is 12.3. The van der Waals surface area contributed by atoms with Crippen LogP contribution in [0.5, 0.6) is 0 Å². The van der Waals surface area contributed by atoms with Gasteiger partial charge in [0.1, 0.15) is 0 Å². The van der Waals surface area contributed by atoms with E-state index in [1.807, 2.05) is 35.3 Å². The lowest BCUT2D eigenvalue weighted by atomic mass is 9.77. The van der Waals surface area contributed by atoms with Crippen LogP contribution in [0.2, 0.25) is 0 Å². The number of rotatable bonds is 3. The van der Waals surface area contributed by atoms with E-state index in [9.17, 15) is 0 Å². The van der Waals surface area contributed by atoms with Crippen LogP contribution in [-0.4, -0.2) is 38.0 Å². The number of aryl methyl sites for hydroxylation is 1. The molecule has 0 radical (unpaired) electrons. The molecule has 1 saturated heterocycles. The van der Waals surface area contributed by atoms with Crippen LogP contribution in [0.3, 0.4) is 0 Å². The van der Waals surface area contributed by atoms with E-state index in [-0.39, 0.29) is 0 Å². The predicted molar refractivity (Wildman–Crippen MR) is 96.7 cm³/mol. The number of hydrogen-bond acceptors (Lipinski definition) is 3. The molecule has 0 amide bonds. The monoisotopic (exact) mass is 333 g/mol. The summed E-state index contributed by atoms with van der Waals surface area (Å²) in [5, 5.41) is 12.1. The van der Waals surface area contributed by atoms with Gasteiger partial charge in [0.2, 0.25) is 0 Å². The summed E-state index contributed by atoms with van der Waals surface area (Å²) < 4.78 is 1.97. The second-order valence-electron chi connectivity index (χ2n) is 7.49. The lowest BCUT2D eigenvalue weighted by Crippen LogP contribution is -2.44. The minimum atomic E-state index is 0.291. The summed E-state index contributed by atoms with van der Waals surface area (Å²) >= 11 is 0.